The van der Waals surface area contributed by atoms with Gasteiger partial charge in [-0.3, -0.25) is 24.8 Å². The van der Waals surface area contributed by atoms with Gasteiger partial charge < -0.3 is 9.15 Å². The van der Waals surface area contributed by atoms with E-state index in [2.05, 4.69) is 21.3 Å². The van der Waals surface area contributed by atoms with Gasteiger partial charge in [0.2, 0.25) is 0 Å². The number of hydrogen-bond acceptors (Lipinski definition) is 7. The summed E-state index contributed by atoms with van der Waals surface area (Å²) in [6.07, 6.45) is 5.70. The van der Waals surface area contributed by atoms with Crippen molar-refractivity contribution in [1.82, 2.24) is 14.7 Å². The number of aliphatic imine (C=N–C) groups is 1. The second-order valence-corrected chi connectivity index (χ2v) is 10.3. The summed E-state index contributed by atoms with van der Waals surface area (Å²) in [7, 11) is 0. The highest BCUT2D eigenvalue weighted by atomic mass is 16.5. The van der Waals surface area contributed by atoms with Crippen LogP contribution in [0, 0.1) is 0 Å². The van der Waals surface area contributed by atoms with E-state index in [1.807, 2.05) is 30.3 Å². The molecule has 1 saturated heterocycles. The molecule has 4 aliphatic heterocycles. The molecule has 0 radical (unpaired) electrons. The van der Waals surface area contributed by atoms with Crippen molar-refractivity contribution in [3.63, 3.8) is 0 Å². The van der Waals surface area contributed by atoms with Crippen LogP contribution in [0.5, 0.6) is 0 Å². The minimum absolute atomic E-state index is 0.0947. The maximum atomic E-state index is 14.1. The second-order valence-electron chi connectivity index (χ2n) is 10.3. The molecular formula is C30H27N4O5+. The molecule has 1 N–H and O–H groups in total. The minimum Gasteiger partial charge on any atom is -0.464 e. The molecule has 0 spiro atoms. The molecule has 1 atom stereocenters. The van der Waals surface area contributed by atoms with E-state index in [9.17, 15) is 14.4 Å². The first kappa shape index (κ1) is 23.9. The number of hydrogen-bond donors (Lipinski definition) is 1. The number of quaternary nitrogens is 1. The smallest absolute Gasteiger partial charge is 0.333 e. The van der Waals surface area contributed by atoms with E-state index in [0.29, 0.717) is 49.6 Å². The van der Waals surface area contributed by atoms with Crippen LogP contribution in [0.3, 0.4) is 0 Å². The van der Waals surface area contributed by atoms with Crippen molar-refractivity contribution in [1.29, 1.82) is 0 Å². The number of para-hydroxylation sites is 2. The fourth-order valence-corrected chi connectivity index (χ4v) is 6.30. The maximum absolute atomic E-state index is 14.1. The van der Waals surface area contributed by atoms with Crippen molar-refractivity contribution in [2.45, 2.75) is 6.42 Å². The number of nitrogens with zero attached hydrogens (tertiary/aromatic N) is 3. The molecule has 3 amide bonds. The average Bonchev–Trinajstić information content (AvgIpc) is 3.64. The van der Waals surface area contributed by atoms with Crippen LogP contribution < -0.4 is 9.80 Å². The third-order valence-electron chi connectivity index (χ3n) is 8.19. The van der Waals surface area contributed by atoms with Crippen molar-refractivity contribution in [3.05, 3.63) is 77.2 Å². The molecule has 9 heteroatoms. The average molecular weight is 524 g/mol. The van der Waals surface area contributed by atoms with Crippen LogP contribution in [0.4, 0.5) is 5.69 Å². The largest absolute Gasteiger partial charge is 0.464 e. The summed E-state index contributed by atoms with van der Waals surface area (Å²) in [5.41, 5.74) is 4.80. The van der Waals surface area contributed by atoms with Crippen LogP contribution in [0.2, 0.25) is 0 Å². The molecular weight excluding hydrogens is 496 g/mol. The number of morpholine rings is 1. The monoisotopic (exact) mass is 523 g/mol. The Bertz CT molecular complexity index is 1640. The molecule has 0 aliphatic carbocycles. The Labute approximate surface area is 224 Å². The maximum Gasteiger partial charge on any atom is 0.333 e. The summed E-state index contributed by atoms with van der Waals surface area (Å²) < 4.78 is 11.3. The normalized spacial score (nSPS) is 23.0. The van der Waals surface area contributed by atoms with Gasteiger partial charge in [0.05, 0.1) is 43.4 Å². The Balaban J connectivity index is 1.40. The number of rotatable bonds is 4. The van der Waals surface area contributed by atoms with Crippen molar-refractivity contribution in [3.8, 4) is 0 Å². The van der Waals surface area contributed by atoms with E-state index in [4.69, 9.17) is 9.15 Å². The summed E-state index contributed by atoms with van der Waals surface area (Å²) in [5.74, 6) is -0.881. The Hall–Kier alpha value is -4.18. The number of nitrogens with one attached hydrogen (secondary N) is 1. The second kappa shape index (κ2) is 9.23. The van der Waals surface area contributed by atoms with E-state index < -0.39 is 11.8 Å². The zero-order valence-electron chi connectivity index (χ0n) is 21.3. The fraction of sp³-hybridized carbons (Fsp3) is 0.267. The topological polar surface area (TPSA) is 101 Å². The van der Waals surface area contributed by atoms with E-state index in [0.717, 1.165) is 41.7 Å². The van der Waals surface area contributed by atoms with Gasteiger partial charge in [0, 0.05) is 53.4 Å². The van der Waals surface area contributed by atoms with Gasteiger partial charge in [-0.05, 0) is 12.1 Å². The molecule has 7 rings (SSSR count). The van der Waals surface area contributed by atoms with E-state index in [1.165, 1.54) is 0 Å². The zero-order chi connectivity index (χ0) is 26.6. The van der Waals surface area contributed by atoms with Gasteiger partial charge in [0.25, 0.3) is 11.8 Å². The highest BCUT2D eigenvalue weighted by Gasteiger charge is 2.48. The Morgan fingerprint density at radius 2 is 1.79 bits per heavy atom. The molecule has 0 saturated carbocycles. The van der Waals surface area contributed by atoms with E-state index in [1.54, 1.807) is 24.7 Å². The first-order valence-electron chi connectivity index (χ1n) is 13.2. The number of fused-ring (bicyclic) bond motifs is 1. The van der Waals surface area contributed by atoms with Crippen LogP contribution >= 0.6 is 0 Å². The lowest BCUT2D eigenvalue weighted by atomic mass is 9.89. The molecule has 2 aromatic carbocycles. The van der Waals surface area contributed by atoms with Crippen molar-refractivity contribution in [2.75, 3.05) is 45.9 Å². The third kappa shape index (κ3) is 3.73. The predicted octanol–water partition coefficient (Wildman–Crippen LogP) is 2.69. The SMILES string of the molecule is O=C1NC(=O)C(c2cccc3ccoc23)=C1C1=CN=CC[N+]2(C(=O)CN3CCOCC3)CCc3cccc1c32. The van der Waals surface area contributed by atoms with Crippen LogP contribution in [0.1, 0.15) is 16.7 Å². The van der Waals surface area contributed by atoms with Crippen LogP contribution in [0.15, 0.2) is 69.9 Å². The summed E-state index contributed by atoms with van der Waals surface area (Å²) in [6.45, 7) is 4.04. The van der Waals surface area contributed by atoms with Gasteiger partial charge in [-0.25, -0.2) is 9.28 Å². The van der Waals surface area contributed by atoms with Gasteiger partial charge in [-0.1, -0.05) is 30.3 Å². The van der Waals surface area contributed by atoms with E-state index in [-0.39, 0.29) is 21.5 Å². The Morgan fingerprint density at radius 1 is 1.00 bits per heavy atom. The van der Waals surface area contributed by atoms with Crippen LogP contribution in [-0.4, -0.2) is 74.8 Å². The Kier molecular flexibility index (Phi) is 5.66. The fourth-order valence-electron chi connectivity index (χ4n) is 6.30. The lowest BCUT2D eigenvalue weighted by molar-refractivity contribution is -0.131. The molecule has 1 unspecified atom stereocenters. The lowest BCUT2D eigenvalue weighted by Crippen LogP contribution is -2.58. The van der Waals surface area contributed by atoms with Crippen molar-refractivity contribution in [2.24, 2.45) is 4.99 Å². The van der Waals surface area contributed by atoms with Gasteiger partial charge in [0.1, 0.15) is 18.7 Å². The van der Waals surface area contributed by atoms with Gasteiger partial charge >= 0.3 is 5.91 Å². The molecule has 5 heterocycles. The predicted molar refractivity (Wildman–Crippen MR) is 147 cm³/mol. The summed E-state index contributed by atoms with van der Waals surface area (Å²) in [4.78, 5) is 47.4. The number of ether oxygens (including phenoxy) is 1. The summed E-state index contributed by atoms with van der Waals surface area (Å²) >= 11 is 0. The summed E-state index contributed by atoms with van der Waals surface area (Å²) in [5, 5.41) is 3.32. The molecule has 196 valence electrons. The molecule has 4 aliphatic rings. The van der Waals surface area contributed by atoms with Crippen LogP contribution in [0.25, 0.3) is 22.1 Å². The number of furan rings is 1. The van der Waals surface area contributed by atoms with Gasteiger partial charge in [-0.15, -0.1) is 0 Å². The van der Waals surface area contributed by atoms with Crippen LogP contribution in [-0.2, 0) is 25.5 Å². The Morgan fingerprint density at radius 3 is 2.67 bits per heavy atom. The van der Waals surface area contributed by atoms with E-state index >= 15 is 0 Å². The molecule has 1 aromatic heterocycles. The third-order valence-corrected chi connectivity index (χ3v) is 8.19. The number of carbonyl (C=O) groups is 3. The minimum atomic E-state index is -0.492. The molecule has 39 heavy (non-hydrogen) atoms. The first-order chi connectivity index (χ1) is 19.1. The zero-order valence-corrected chi connectivity index (χ0v) is 21.3. The molecule has 9 nitrogen and oxygen atoms in total. The molecule has 1 fully saturated rings. The summed E-state index contributed by atoms with van der Waals surface area (Å²) in [6, 6.07) is 13.3. The highest BCUT2D eigenvalue weighted by molar-refractivity contribution is 6.41. The molecule has 3 aromatic rings. The quantitative estimate of drug-likeness (QED) is 0.417. The number of benzene rings is 2. The van der Waals surface area contributed by atoms with Crippen molar-refractivity contribution < 1.29 is 23.5 Å². The number of carbonyl (C=O) groups excluding carboxylic acids is 3. The van der Waals surface area contributed by atoms with Gasteiger partial charge in [-0.2, -0.15) is 0 Å². The first-order valence-corrected chi connectivity index (χ1v) is 13.2. The lowest BCUT2D eigenvalue weighted by Gasteiger charge is -2.35. The number of amides is 3. The van der Waals surface area contributed by atoms with Gasteiger partial charge in [0.15, 0.2) is 5.69 Å². The number of imide groups is 1. The standard InChI is InChI=1S/C30H26N4O5/c35-24(18-33-10-15-38-16-11-33)34-12-7-19-3-1-5-21(27(19)34)23(17-31-9-13-34)26-25(29(36)32-30(26)37)22-6-2-4-20-8-14-39-28(20)22/h1-6,8-9,14,17H,7,10-13,15-16,18H2/p+1. The highest BCUT2D eigenvalue weighted by Crippen LogP contribution is 2.46. The van der Waals surface area contributed by atoms with Crippen molar-refractivity contribution >= 4 is 51.7 Å². The molecule has 0 bridgehead atoms.